The summed E-state index contributed by atoms with van der Waals surface area (Å²) in [7, 11) is -3.63. The molecule has 170 valence electrons. The highest BCUT2D eigenvalue weighted by molar-refractivity contribution is 7.89. The fraction of sp³-hybridized carbons (Fsp3) is 0.609. The van der Waals surface area contributed by atoms with E-state index >= 15 is 0 Å². The molecule has 1 N–H and O–H groups in total. The second kappa shape index (κ2) is 10.1. The van der Waals surface area contributed by atoms with Crippen LogP contribution in [0.15, 0.2) is 35.2 Å². The van der Waals surface area contributed by atoms with Crippen LogP contribution in [0.5, 0.6) is 0 Å². The fourth-order valence-electron chi connectivity index (χ4n) is 4.60. The number of amides is 1. The van der Waals surface area contributed by atoms with E-state index in [9.17, 15) is 13.2 Å². The van der Waals surface area contributed by atoms with Crippen molar-refractivity contribution in [1.29, 1.82) is 0 Å². The number of carbonyl (C=O) groups excluding carboxylic acids is 1. The van der Waals surface area contributed by atoms with E-state index in [-0.39, 0.29) is 16.7 Å². The molecule has 7 nitrogen and oxygen atoms in total. The van der Waals surface area contributed by atoms with Crippen molar-refractivity contribution in [3.8, 4) is 0 Å². The fourth-order valence-corrected chi connectivity index (χ4v) is 6.04. The zero-order valence-corrected chi connectivity index (χ0v) is 18.9. The number of nitrogens with zero attached hydrogens (tertiary/aromatic N) is 2. The lowest BCUT2D eigenvalue weighted by atomic mass is 10.0. The maximum atomic E-state index is 13.2. The molecule has 2 aliphatic heterocycles. The Morgan fingerprint density at radius 1 is 1.06 bits per heavy atom. The predicted octanol–water partition coefficient (Wildman–Crippen LogP) is 3.38. The van der Waals surface area contributed by atoms with Gasteiger partial charge in [0, 0.05) is 32.6 Å². The van der Waals surface area contributed by atoms with Gasteiger partial charge in [-0.3, -0.25) is 4.79 Å². The maximum absolute atomic E-state index is 13.2. The number of morpholine rings is 1. The van der Waals surface area contributed by atoms with Crippen molar-refractivity contribution in [2.24, 2.45) is 5.92 Å². The maximum Gasteiger partial charge on any atom is 0.243 e. The van der Waals surface area contributed by atoms with E-state index < -0.39 is 10.0 Å². The monoisotopic (exact) mass is 447 g/mol. The lowest BCUT2D eigenvalue weighted by Gasteiger charge is -2.28. The van der Waals surface area contributed by atoms with Gasteiger partial charge in [0.25, 0.3) is 0 Å². The number of rotatable bonds is 6. The summed E-state index contributed by atoms with van der Waals surface area (Å²) in [5.41, 5.74) is 1.52. The molecule has 31 heavy (non-hydrogen) atoms. The zero-order valence-electron chi connectivity index (χ0n) is 18.1. The summed E-state index contributed by atoms with van der Waals surface area (Å²) in [6.07, 6.45) is 11.3. The lowest BCUT2D eigenvalue weighted by molar-refractivity contribution is -0.116. The third-order valence-electron chi connectivity index (χ3n) is 6.36. The zero-order chi connectivity index (χ0) is 21.7. The number of anilines is 2. The largest absolute Gasteiger partial charge is 0.379 e. The molecule has 0 bridgehead atoms. The Balaban J connectivity index is 1.61. The number of sulfonamides is 1. The minimum Gasteiger partial charge on any atom is -0.379 e. The molecular formula is C23H33N3O4S. The van der Waals surface area contributed by atoms with Crippen LogP contribution in [0.2, 0.25) is 0 Å². The first-order chi connectivity index (χ1) is 15.0. The van der Waals surface area contributed by atoms with Crippen LogP contribution in [-0.4, -0.2) is 58.0 Å². The molecule has 2 saturated heterocycles. The normalized spacial score (nSPS) is 23.0. The summed E-state index contributed by atoms with van der Waals surface area (Å²) < 4.78 is 33.1. The summed E-state index contributed by atoms with van der Waals surface area (Å²) in [5.74, 6) is 0.204. The SMILES string of the molecule is O=C(CC1C=CCC1)Nc1cc(S(=O)(=O)N2CCOCC2)ccc1N1CCCCCC1. The van der Waals surface area contributed by atoms with E-state index in [1.165, 1.54) is 17.1 Å². The Kier molecular flexibility index (Phi) is 7.30. The first-order valence-electron chi connectivity index (χ1n) is 11.5. The number of carbonyl (C=O) groups is 1. The van der Waals surface area contributed by atoms with Crippen LogP contribution in [-0.2, 0) is 19.6 Å². The number of nitrogens with one attached hydrogen (secondary N) is 1. The van der Waals surface area contributed by atoms with Crippen molar-refractivity contribution >= 4 is 27.3 Å². The van der Waals surface area contributed by atoms with Crippen LogP contribution in [0.3, 0.4) is 0 Å². The van der Waals surface area contributed by atoms with Crippen LogP contribution in [0.25, 0.3) is 0 Å². The van der Waals surface area contributed by atoms with Crippen LogP contribution >= 0.6 is 0 Å². The van der Waals surface area contributed by atoms with Gasteiger partial charge in [-0.25, -0.2) is 8.42 Å². The number of ether oxygens (including phenoxy) is 1. The number of hydrogen-bond donors (Lipinski definition) is 1. The molecule has 2 heterocycles. The highest BCUT2D eigenvalue weighted by Gasteiger charge is 2.28. The van der Waals surface area contributed by atoms with E-state index in [4.69, 9.17) is 4.74 Å². The summed E-state index contributed by atoms with van der Waals surface area (Å²) in [4.78, 5) is 15.3. The quantitative estimate of drug-likeness (QED) is 0.677. The first-order valence-corrected chi connectivity index (χ1v) is 12.9. The molecule has 1 amide bonds. The van der Waals surface area contributed by atoms with Crippen molar-refractivity contribution < 1.29 is 17.9 Å². The van der Waals surface area contributed by atoms with Crippen molar-refractivity contribution in [3.63, 3.8) is 0 Å². The summed E-state index contributed by atoms with van der Waals surface area (Å²) >= 11 is 0. The number of allylic oxidation sites excluding steroid dienone is 2. The van der Waals surface area contributed by atoms with Gasteiger partial charge in [0.1, 0.15) is 0 Å². The average Bonchev–Trinajstić information content (AvgIpc) is 3.13. The molecule has 1 aromatic carbocycles. The summed E-state index contributed by atoms with van der Waals surface area (Å²) in [6.45, 7) is 3.36. The molecule has 8 heteroatoms. The minimum absolute atomic E-state index is 0.0615. The summed E-state index contributed by atoms with van der Waals surface area (Å²) in [5, 5.41) is 3.05. The molecule has 1 unspecified atom stereocenters. The average molecular weight is 448 g/mol. The smallest absolute Gasteiger partial charge is 0.243 e. The van der Waals surface area contributed by atoms with Crippen molar-refractivity contribution in [2.75, 3.05) is 49.6 Å². The van der Waals surface area contributed by atoms with Gasteiger partial charge in [-0.05, 0) is 49.8 Å². The van der Waals surface area contributed by atoms with E-state index in [1.54, 1.807) is 12.1 Å². The van der Waals surface area contributed by atoms with Gasteiger partial charge in [0.05, 0.1) is 29.5 Å². The molecule has 1 aliphatic carbocycles. The highest BCUT2D eigenvalue weighted by atomic mass is 32.2. The Morgan fingerprint density at radius 3 is 2.48 bits per heavy atom. The van der Waals surface area contributed by atoms with E-state index in [0.29, 0.717) is 38.4 Å². The molecule has 4 rings (SSSR count). The molecule has 0 aromatic heterocycles. The van der Waals surface area contributed by atoms with Crippen molar-refractivity contribution in [3.05, 3.63) is 30.4 Å². The Labute approximate surface area is 185 Å². The van der Waals surface area contributed by atoms with Crippen molar-refractivity contribution in [1.82, 2.24) is 4.31 Å². The molecule has 0 saturated carbocycles. The topological polar surface area (TPSA) is 79.0 Å². The van der Waals surface area contributed by atoms with Gasteiger partial charge in [-0.2, -0.15) is 4.31 Å². The Bertz CT molecular complexity index is 901. The van der Waals surface area contributed by atoms with Gasteiger partial charge in [-0.1, -0.05) is 25.0 Å². The summed E-state index contributed by atoms with van der Waals surface area (Å²) in [6, 6.07) is 5.19. The molecule has 2 fully saturated rings. The van der Waals surface area contributed by atoms with Crippen LogP contribution in [0.1, 0.15) is 44.9 Å². The van der Waals surface area contributed by atoms with Gasteiger partial charge in [0.2, 0.25) is 15.9 Å². The van der Waals surface area contributed by atoms with Crippen molar-refractivity contribution in [2.45, 2.75) is 49.8 Å². The van der Waals surface area contributed by atoms with Gasteiger partial charge in [0.15, 0.2) is 0 Å². The van der Waals surface area contributed by atoms with E-state index in [0.717, 1.165) is 44.5 Å². The molecule has 1 atom stereocenters. The Morgan fingerprint density at radius 2 is 1.81 bits per heavy atom. The lowest BCUT2D eigenvalue weighted by Crippen LogP contribution is -2.40. The first kappa shape index (κ1) is 22.3. The van der Waals surface area contributed by atoms with Gasteiger partial charge < -0.3 is 15.0 Å². The minimum atomic E-state index is -3.63. The van der Waals surface area contributed by atoms with Crippen LogP contribution in [0.4, 0.5) is 11.4 Å². The standard InChI is InChI=1S/C23H33N3O4S/c27-23(17-19-7-3-4-8-19)24-21-18-20(31(28,29)26-13-15-30-16-14-26)9-10-22(21)25-11-5-1-2-6-12-25/h3,7,9-10,18-19H,1-2,4-6,8,11-17H2,(H,24,27). The second-order valence-corrected chi connectivity index (χ2v) is 10.6. The number of benzene rings is 1. The van der Waals surface area contributed by atoms with E-state index in [2.05, 4.69) is 22.4 Å². The molecular weight excluding hydrogens is 414 g/mol. The third-order valence-corrected chi connectivity index (χ3v) is 8.25. The van der Waals surface area contributed by atoms with Gasteiger partial charge >= 0.3 is 0 Å². The molecule has 1 aromatic rings. The second-order valence-electron chi connectivity index (χ2n) is 8.61. The third kappa shape index (κ3) is 5.48. The van der Waals surface area contributed by atoms with Gasteiger partial charge in [-0.15, -0.1) is 0 Å². The molecule has 3 aliphatic rings. The number of hydrogen-bond acceptors (Lipinski definition) is 5. The molecule has 0 radical (unpaired) electrons. The van der Waals surface area contributed by atoms with Crippen LogP contribution in [0, 0.1) is 5.92 Å². The molecule has 0 spiro atoms. The van der Waals surface area contributed by atoms with E-state index in [1.807, 2.05) is 6.07 Å². The predicted molar refractivity (Wildman–Crippen MR) is 122 cm³/mol. The Hall–Kier alpha value is -1.90. The highest BCUT2D eigenvalue weighted by Crippen LogP contribution is 2.32. The van der Waals surface area contributed by atoms with Crippen LogP contribution < -0.4 is 10.2 Å².